The molecule has 1 atom stereocenters. The van der Waals surface area contributed by atoms with Crippen LogP contribution in [0.3, 0.4) is 0 Å². The van der Waals surface area contributed by atoms with Crippen molar-refractivity contribution in [1.82, 2.24) is 9.80 Å². The first-order chi connectivity index (χ1) is 7.73. The molecule has 0 aromatic rings. The highest BCUT2D eigenvalue weighted by Gasteiger charge is 2.18. The topological polar surface area (TPSA) is 24.9 Å². The van der Waals surface area contributed by atoms with E-state index in [-0.39, 0.29) is 6.23 Å². The molecule has 0 N–H and O–H groups in total. The second kappa shape index (κ2) is 10.2. The van der Waals surface area contributed by atoms with Crippen LogP contribution in [0.25, 0.3) is 0 Å². The molecule has 4 nitrogen and oxygen atoms in total. The smallest absolute Gasteiger partial charge is 0.305 e. The third kappa shape index (κ3) is 5.96. The molecule has 0 radical (unpaired) electrons. The minimum atomic E-state index is -0.814. The van der Waals surface area contributed by atoms with Crippen LogP contribution in [0.15, 0.2) is 0 Å². The summed E-state index contributed by atoms with van der Waals surface area (Å²) in [6.07, 6.45) is 0.196. The molecule has 0 amide bonds. The van der Waals surface area contributed by atoms with Crippen LogP contribution in [-0.2, 0) is 8.85 Å². The third-order valence-electron chi connectivity index (χ3n) is 2.91. The molecule has 0 spiro atoms. The predicted molar refractivity (Wildman–Crippen MR) is 71.1 cm³/mol. The Bertz CT molecular complexity index is 153. The van der Waals surface area contributed by atoms with Crippen molar-refractivity contribution in [2.45, 2.75) is 33.9 Å². The first-order valence-electron chi connectivity index (χ1n) is 6.30. The highest BCUT2D eigenvalue weighted by Crippen LogP contribution is 2.04. The van der Waals surface area contributed by atoms with Crippen molar-refractivity contribution in [2.75, 3.05) is 39.8 Å². The Balaban J connectivity index is 4.27. The van der Waals surface area contributed by atoms with Gasteiger partial charge in [0.15, 0.2) is 0 Å². The van der Waals surface area contributed by atoms with Gasteiger partial charge >= 0.3 is 10.0 Å². The van der Waals surface area contributed by atoms with E-state index < -0.39 is 10.0 Å². The summed E-state index contributed by atoms with van der Waals surface area (Å²) >= 11 is 0. The second-order valence-electron chi connectivity index (χ2n) is 3.73. The van der Waals surface area contributed by atoms with Gasteiger partial charge < -0.3 is 8.85 Å². The lowest BCUT2D eigenvalue weighted by Gasteiger charge is -2.33. The third-order valence-corrected chi connectivity index (χ3v) is 3.66. The van der Waals surface area contributed by atoms with Crippen molar-refractivity contribution in [3.63, 3.8) is 0 Å². The van der Waals surface area contributed by atoms with Crippen LogP contribution in [-0.4, -0.2) is 65.9 Å². The van der Waals surface area contributed by atoms with E-state index in [1.807, 2.05) is 0 Å². The number of rotatable bonds is 10. The van der Waals surface area contributed by atoms with Gasteiger partial charge in [-0.15, -0.1) is 0 Å². The molecule has 0 aliphatic heterocycles. The van der Waals surface area contributed by atoms with E-state index in [2.05, 4.69) is 37.5 Å². The average molecular weight is 248 g/mol. The van der Waals surface area contributed by atoms with E-state index >= 15 is 0 Å². The average Bonchev–Trinajstić information content (AvgIpc) is 2.33. The zero-order valence-electron chi connectivity index (χ0n) is 11.5. The summed E-state index contributed by atoms with van der Waals surface area (Å²) in [7, 11) is 0.911. The normalized spacial score (nSPS) is 14.4. The summed E-state index contributed by atoms with van der Waals surface area (Å²) in [5.74, 6) is 0. The van der Waals surface area contributed by atoms with Gasteiger partial charge in [0.1, 0.15) is 6.23 Å². The SMILES string of the molecule is CCN(CC)CC(O[SiH2]OC)N(CC)CC. The maximum Gasteiger partial charge on any atom is 0.305 e. The molecule has 0 heterocycles. The fourth-order valence-corrected chi connectivity index (χ4v) is 2.36. The van der Waals surface area contributed by atoms with E-state index in [1.54, 1.807) is 7.11 Å². The van der Waals surface area contributed by atoms with Crippen LogP contribution < -0.4 is 0 Å². The summed E-state index contributed by atoms with van der Waals surface area (Å²) in [6, 6.07) is 0. The summed E-state index contributed by atoms with van der Waals surface area (Å²) in [4.78, 5) is 4.75. The molecule has 0 bridgehead atoms. The van der Waals surface area contributed by atoms with E-state index in [0.717, 1.165) is 32.7 Å². The molecule has 0 fully saturated rings. The maximum atomic E-state index is 5.87. The van der Waals surface area contributed by atoms with E-state index in [4.69, 9.17) is 8.85 Å². The van der Waals surface area contributed by atoms with Crippen LogP contribution in [0, 0.1) is 0 Å². The molecule has 0 saturated carbocycles. The molecule has 98 valence electrons. The standard InChI is InChI=1S/C11H28N2O2Si/c1-6-12(7-2)10-11(15-16-14-5)13(8-3)9-4/h11H,6-10,16H2,1-5H3. The van der Waals surface area contributed by atoms with Gasteiger partial charge in [-0.2, -0.15) is 0 Å². The van der Waals surface area contributed by atoms with E-state index in [0.29, 0.717) is 0 Å². The van der Waals surface area contributed by atoms with Gasteiger partial charge in [-0.05, 0) is 26.2 Å². The van der Waals surface area contributed by atoms with Crippen molar-refractivity contribution >= 4 is 10.0 Å². The lowest BCUT2D eigenvalue weighted by molar-refractivity contribution is -0.00338. The lowest BCUT2D eigenvalue weighted by atomic mass is 10.4. The predicted octanol–water partition coefficient (Wildman–Crippen LogP) is 0.658. The molecule has 1 unspecified atom stereocenters. The number of likely N-dealkylation sites (N-methyl/N-ethyl adjacent to an activating group) is 2. The molecule has 0 rings (SSSR count). The molecular formula is C11H28N2O2Si. The Morgan fingerprint density at radius 3 is 1.94 bits per heavy atom. The largest absolute Gasteiger partial charge is 0.402 e. The molecule has 16 heavy (non-hydrogen) atoms. The van der Waals surface area contributed by atoms with Crippen LogP contribution in [0.1, 0.15) is 27.7 Å². The van der Waals surface area contributed by atoms with Crippen molar-refractivity contribution in [3.05, 3.63) is 0 Å². The van der Waals surface area contributed by atoms with Gasteiger partial charge in [-0.25, -0.2) is 0 Å². The Hall–Kier alpha value is 0.0569. The van der Waals surface area contributed by atoms with Gasteiger partial charge in [-0.1, -0.05) is 27.7 Å². The highest BCUT2D eigenvalue weighted by atomic mass is 28.3. The summed E-state index contributed by atoms with van der Waals surface area (Å²) in [5, 5.41) is 0. The monoisotopic (exact) mass is 248 g/mol. The molecule has 0 aromatic carbocycles. The number of hydrogen-bond acceptors (Lipinski definition) is 4. The molecule has 0 saturated heterocycles. The first kappa shape index (κ1) is 16.1. The quantitative estimate of drug-likeness (QED) is 0.419. The van der Waals surface area contributed by atoms with Crippen LogP contribution in [0.2, 0.25) is 0 Å². The van der Waals surface area contributed by atoms with Crippen molar-refractivity contribution in [2.24, 2.45) is 0 Å². The molecule has 5 heteroatoms. The maximum absolute atomic E-state index is 5.87. The summed E-state index contributed by atoms with van der Waals surface area (Å²) in [6.45, 7) is 13.9. The zero-order chi connectivity index (χ0) is 12.4. The summed E-state index contributed by atoms with van der Waals surface area (Å²) in [5.41, 5.74) is 0. The first-order valence-corrected chi connectivity index (χ1v) is 7.45. The molecule has 0 aliphatic rings. The van der Waals surface area contributed by atoms with Crippen molar-refractivity contribution in [3.8, 4) is 0 Å². The van der Waals surface area contributed by atoms with Gasteiger partial charge in [-0.3, -0.25) is 9.80 Å². The lowest BCUT2D eigenvalue weighted by Crippen LogP contribution is -2.46. The second-order valence-corrected chi connectivity index (χ2v) is 4.88. The van der Waals surface area contributed by atoms with E-state index in [9.17, 15) is 0 Å². The van der Waals surface area contributed by atoms with Gasteiger partial charge in [0, 0.05) is 13.7 Å². The van der Waals surface area contributed by atoms with Gasteiger partial charge in [0.05, 0.1) is 0 Å². The fraction of sp³-hybridized carbons (Fsp3) is 1.00. The molecule has 0 aromatic heterocycles. The fourth-order valence-electron chi connectivity index (χ4n) is 1.75. The van der Waals surface area contributed by atoms with Crippen molar-refractivity contribution in [1.29, 1.82) is 0 Å². The minimum absolute atomic E-state index is 0.196. The van der Waals surface area contributed by atoms with Crippen LogP contribution in [0.4, 0.5) is 0 Å². The van der Waals surface area contributed by atoms with Gasteiger partial charge in [0.2, 0.25) is 0 Å². The summed E-state index contributed by atoms with van der Waals surface area (Å²) < 4.78 is 11.0. The Labute approximate surface area is 103 Å². The van der Waals surface area contributed by atoms with Crippen LogP contribution in [0.5, 0.6) is 0 Å². The Morgan fingerprint density at radius 2 is 1.56 bits per heavy atom. The highest BCUT2D eigenvalue weighted by molar-refractivity contribution is 6.17. The Kier molecular flexibility index (Phi) is 10.3. The molecule has 0 aliphatic carbocycles. The van der Waals surface area contributed by atoms with Gasteiger partial charge in [0.25, 0.3) is 0 Å². The van der Waals surface area contributed by atoms with Crippen LogP contribution >= 0.6 is 0 Å². The zero-order valence-corrected chi connectivity index (χ0v) is 12.9. The van der Waals surface area contributed by atoms with Crippen molar-refractivity contribution < 1.29 is 8.85 Å². The minimum Gasteiger partial charge on any atom is -0.402 e. The number of nitrogens with zero attached hydrogens (tertiary/aromatic N) is 2. The number of hydrogen-bond donors (Lipinski definition) is 0. The molecular weight excluding hydrogens is 220 g/mol. The Morgan fingerprint density at radius 1 is 1.00 bits per heavy atom. The van der Waals surface area contributed by atoms with E-state index in [1.165, 1.54) is 0 Å².